The van der Waals surface area contributed by atoms with Gasteiger partial charge in [0.05, 0.1) is 6.61 Å². The fourth-order valence-electron chi connectivity index (χ4n) is 5.34. The molecule has 0 aromatic carbocycles. The Balaban J connectivity index is 2.91. The van der Waals surface area contributed by atoms with Crippen molar-refractivity contribution in [3.63, 3.8) is 0 Å². The average molecular weight is 871 g/mol. The Bertz CT molecular complexity index is 1650. The first kappa shape index (κ1) is 52.4. The largest absolute Gasteiger partial charge is 0.472 e. The summed E-state index contributed by atoms with van der Waals surface area (Å²) in [6.45, 7) is 1.99. The number of ether oxygens (including phenoxy) is 2. The predicted octanol–water partition coefficient (Wildman–Crippen LogP) is 2.51. The van der Waals surface area contributed by atoms with Crippen LogP contribution in [0.2, 0.25) is 0 Å². The fourth-order valence-corrected chi connectivity index (χ4v) is 7.43. The molecule has 22 heteroatoms. The quantitative estimate of drug-likeness (QED) is 0.0204. The molecule has 1 rings (SSSR count). The highest BCUT2D eigenvalue weighted by Crippen LogP contribution is 2.51. The Morgan fingerprint density at radius 1 is 0.596 bits per heavy atom. The summed E-state index contributed by atoms with van der Waals surface area (Å²) >= 11 is 0. The van der Waals surface area contributed by atoms with Crippen molar-refractivity contribution in [3.8, 4) is 47.4 Å². The number of carbonyl (C=O) groups excluding carboxylic acids is 2. The molecule has 1 aliphatic carbocycles. The maximum absolute atomic E-state index is 12.9. The van der Waals surface area contributed by atoms with E-state index in [2.05, 4.69) is 57.4 Å². The highest BCUT2D eigenvalue weighted by Gasteiger charge is 2.56. The molecule has 0 amide bonds. The first-order valence-corrected chi connectivity index (χ1v) is 22.8. The normalized spacial score (nSPS) is 22.1. The molecule has 4 unspecified atom stereocenters. The molecular formula is C35H53O19P3. The van der Waals surface area contributed by atoms with Gasteiger partial charge >= 0.3 is 35.4 Å². The van der Waals surface area contributed by atoms with E-state index in [0.29, 0.717) is 6.42 Å². The van der Waals surface area contributed by atoms with Gasteiger partial charge in [-0.1, -0.05) is 89.9 Å². The standard InChI is InChI=1S/C35H53O19P3/c1-3-5-7-9-11-12-13-14-15-16-18-20-22-24-29(37)51-27(25-49-28(36)23-21-19-17-10-8-6-4-2)26-50-57(47,48)54-33-30(38)31(39)34(52-55(41,42)43)35(32(33)40)53-56(44,45)46/h27,30-35,38-40H,3,5,7,9,11-16,18,20,22,24-26H2,1-2H3,(H,47,48)(H2,41,42,43)(H2,44,45,46)/t27-,30+,31?,32?,33?,34+,35+/m1/s1. The monoisotopic (exact) mass is 870 g/mol. The third kappa shape index (κ3) is 24.8. The van der Waals surface area contributed by atoms with E-state index < -0.39 is 91.3 Å². The zero-order valence-electron chi connectivity index (χ0n) is 31.8. The summed E-state index contributed by atoms with van der Waals surface area (Å²) in [6.07, 6.45) is -2.80. The van der Waals surface area contributed by atoms with Crippen molar-refractivity contribution in [2.24, 2.45) is 0 Å². The van der Waals surface area contributed by atoms with Crippen molar-refractivity contribution in [1.82, 2.24) is 0 Å². The topological polar surface area (TPSA) is 303 Å². The maximum atomic E-state index is 12.9. The zero-order chi connectivity index (χ0) is 42.9. The van der Waals surface area contributed by atoms with Crippen LogP contribution in [0.1, 0.15) is 104 Å². The minimum atomic E-state index is -5.61. The smallest absolute Gasteiger partial charge is 0.456 e. The van der Waals surface area contributed by atoms with E-state index in [1.54, 1.807) is 6.92 Å². The SMILES string of the molecule is CC#CC#CC#CC#CC(=O)OC[C@H](COP(=O)(O)OC1C(O)[C@H](OP(=O)(O)O)[C@@H](OP(=O)(O)O)C(O)[C@@H]1O)OC(=O)CCCCCCCCCCCCCCC. The summed E-state index contributed by atoms with van der Waals surface area (Å²) in [6, 6.07) is 0. The van der Waals surface area contributed by atoms with E-state index in [4.69, 9.17) is 28.3 Å². The molecule has 19 nitrogen and oxygen atoms in total. The molecule has 1 aliphatic rings. The molecule has 0 radical (unpaired) electrons. The van der Waals surface area contributed by atoms with Crippen molar-refractivity contribution in [1.29, 1.82) is 0 Å². The fraction of sp³-hybridized carbons (Fsp3) is 0.714. The van der Waals surface area contributed by atoms with Crippen molar-refractivity contribution >= 4 is 35.4 Å². The summed E-state index contributed by atoms with van der Waals surface area (Å²) in [5.41, 5.74) is 0. The van der Waals surface area contributed by atoms with Gasteiger partial charge in [-0.3, -0.25) is 22.9 Å². The molecule has 0 aliphatic heterocycles. The lowest BCUT2D eigenvalue weighted by atomic mass is 9.85. The van der Waals surface area contributed by atoms with Gasteiger partial charge in [0.25, 0.3) is 0 Å². The minimum Gasteiger partial charge on any atom is -0.456 e. The molecule has 0 heterocycles. The number of carbonyl (C=O) groups is 2. The van der Waals surface area contributed by atoms with E-state index in [1.807, 2.05) is 5.92 Å². The second kappa shape index (κ2) is 28.0. The van der Waals surface area contributed by atoms with Crippen LogP contribution < -0.4 is 0 Å². The Morgan fingerprint density at radius 2 is 1.05 bits per heavy atom. The zero-order valence-corrected chi connectivity index (χ0v) is 34.4. The molecule has 8 N–H and O–H groups in total. The maximum Gasteiger partial charge on any atom is 0.472 e. The molecule has 1 fully saturated rings. The van der Waals surface area contributed by atoms with E-state index >= 15 is 0 Å². The van der Waals surface area contributed by atoms with Crippen LogP contribution in [0, 0.1) is 47.4 Å². The molecule has 0 saturated heterocycles. The third-order valence-electron chi connectivity index (χ3n) is 8.00. The second-order valence-electron chi connectivity index (χ2n) is 12.8. The lowest BCUT2D eigenvalue weighted by molar-refractivity contribution is -0.213. The molecule has 0 aromatic heterocycles. The number of aliphatic hydroxyl groups is 3. The minimum absolute atomic E-state index is 0.0640. The third-order valence-corrected chi connectivity index (χ3v) is 10.0. The number of rotatable bonds is 26. The first-order chi connectivity index (χ1) is 26.8. The van der Waals surface area contributed by atoms with Crippen LogP contribution in [0.4, 0.5) is 0 Å². The number of esters is 2. The molecule has 0 spiro atoms. The van der Waals surface area contributed by atoms with Crippen LogP contribution >= 0.6 is 23.5 Å². The van der Waals surface area contributed by atoms with Gasteiger partial charge in [0.2, 0.25) is 0 Å². The van der Waals surface area contributed by atoms with Crippen molar-refractivity contribution < 1.29 is 90.6 Å². The van der Waals surface area contributed by atoms with Gasteiger partial charge in [-0.2, -0.15) is 0 Å². The predicted molar refractivity (Wildman–Crippen MR) is 200 cm³/mol. The first-order valence-electron chi connectivity index (χ1n) is 18.3. The van der Waals surface area contributed by atoms with Crippen molar-refractivity contribution in [2.45, 2.75) is 146 Å². The molecular weight excluding hydrogens is 817 g/mol. The van der Waals surface area contributed by atoms with Gasteiger partial charge in [0.1, 0.15) is 43.2 Å². The second-order valence-corrected chi connectivity index (χ2v) is 16.5. The Morgan fingerprint density at radius 3 is 1.56 bits per heavy atom. The van der Waals surface area contributed by atoms with Crippen molar-refractivity contribution in [3.05, 3.63) is 0 Å². The van der Waals surface area contributed by atoms with Crippen molar-refractivity contribution in [2.75, 3.05) is 13.2 Å². The highest BCUT2D eigenvalue weighted by molar-refractivity contribution is 7.47. The summed E-state index contributed by atoms with van der Waals surface area (Å²) < 4.78 is 64.3. The molecule has 0 aromatic rings. The molecule has 57 heavy (non-hydrogen) atoms. The van der Waals surface area contributed by atoms with Crippen LogP contribution in [-0.2, 0) is 50.9 Å². The van der Waals surface area contributed by atoms with Crippen LogP contribution in [0.5, 0.6) is 0 Å². The molecule has 1 saturated carbocycles. The van der Waals surface area contributed by atoms with Gasteiger partial charge in [-0.15, -0.1) is 0 Å². The van der Waals surface area contributed by atoms with Crippen LogP contribution in [0.25, 0.3) is 0 Å². The number of hydrogen-bond donors (Lipinski definition) is 8. The van der Waals surface area contributed by atoms with Gasteiger partial charge in [-0.25, -0.2) is 18.5 Å². The number of phosphoric ester groups is 3. The molecule has 8 atom stereocenters. The summed E-state index contributed by atoms with van der Waals surface area (Å²) in [4.78, 5) is 72.1. The Kier molecular flexibility index (Phi) is 25.7. The summed E-state index contributed by atoms with van der Waals surface area (Å²) in [7, 11) is -16.7. The van der Waals surface area contributed by atoms with E-state index in [9.17, 15) is 53.3 Å². The van der Waals surface area contributed by atoms with Crippen LogP contribution in [-0.4, -0.2) is 108 Å². The number of aliphatic hydroxyl groups excluding tert-OH is 3. The van der Waals surface area contributed by atoms with E-state index in [0.717, 1.165) is 32.1 Å². The highest BCUT2D eigenvalue weighted by atomic mass is 31.2. The van der Waals surface area contributed by atoms with Gasteiger partial charge < -0.3 is 49.3 Å². The van der Waals surface area contributed by atoms with Gasteiger partial charge in [0, 0.05) is 12.3 Å². The number of hydrogen-bond acceptors (Lipinski definition) is 14. The van der Waals surface area contributed by atoms with E-state index in [1.165, 1.54) is 44.9 Å². The lowest BCUT2D eigenvalue weighted by Crippen LogP contribution is -2.65. The van der Waals surface area contributed by atoms with E-state index in [-0.39, 0.29) is 6.42 Å². The summed E-state index contributed by atoms with van der Waals surface area (Å²) in [5.74, 6) is 16.6. The number of unbranched alkanes of at least 4 members (excludes halogenated alkanes) is 12. The van der Waals surface area contributed by atoms with Gasteiger partial charge in [-0.05, 0) is 48.9 Å². The Labute approximate surface area is 332 Å². The van der Waals surface area contributed by atoms with Crippen LogP contribution in [0.3, 0.4) is 0 Å². The van der Waals surface area contributed by atoms with Crippen LogP contribution in [0.15, 0.2) is 0 Å². The Hall–Kier alpha value is -2.61. The molecule has 322 valence electrons. The van der Waals surface area contributed by atoms with Gasteiger partial charge in [0.15, 0.2) is 6.10 Å². The number of phosphoric acid groups is 3. The molecule has 0 bridgehead atoms. The average Bonchev–Trinajstić information content (AvgIpc) is 3.12. The lowest BCUT2D eigenvalue weighted by Gasteiger charge is -2.44. The summed E-state index contributed by atoms with van der Waals surface area (Å²) in [5, 5.41) is 31.6.